The van der Waals surface area contributed by atoms with Crippen LogP contribution in [0.2, 0.25) is 0 Å². The molecule has 1 aromatic carbocycles. The highest BCUT2D eigenvalue weighted by Crippen LogP contribution is 2.21. The van der Waals surface area contributed by atoms with Gasteiger partial charge in [0.15, 0.2) is 0 Å². The van der Waals surface area contributed by atoms with Crippen LogP contribution in [-0.2, 0) is 11.3 Å². The molecule has 6 nitrogen and oxygen atoms in total. The fourth-order valence-electron chi connectivity index (χ4n) is 3.16. The molecule has 0 aliphatic carbocycles. The summed E-state index contributed by atoms with van der Waals surface area (Å²) < 4.78 is 5.41. The number of aryl methyl sites for hydroxylation is 1. The number of nitrogens with one attached hydrogen (secondary N) is 1. The number of rotatable bonds is 4. The second-order valence-corrected chi connectivity index (χ2v) is 8.17. The first-order valence-corrected chi connectivity index (χ1v) is 9.24. The van der Waals surface area contributed by atoms with Crippen LogP contribution < -0.4 is 5.32 Å². The van der Waals surface area contributed by atoms with Gasteiger partial charge >= 0.3 is 0 Å². The average molecular weight is 356 g/mol. The molecule has 0 atom stereocenters. The molecule has 0 radical (unpaired) electrons. The van der Waals surface area contributed by atoms with Crippen LogP contribution in [0.1, 0.15) is 45.1 Å². The minimum atomic E-state index is -0.176. The fourth-order valence-corrected chi connectivity index (χ4v) is 3.16. The predicted octanol–water partition coefficient (Wildman–Crippen LogP) is 3.17. The Bertz CT molecular complexity index is 738. The number of carbonyl (C=O) groups excluding carboxylic acids is 1. The molecule has 3 rings (SSSR count). The van der Waals surface area contributed by atoms with E-state index in [1.54, 1.807) is 0 Å². The van der Waals surface area contributed by atoms with Gasteiger partial charge in [-0.1, -0.05) is 35.0 Å². The van der Waals surface area contributed by atoms with Crippen LogP contribution in [0.3, 0.4) is 0 Å². The molecule has 2 heterocycles. The van der Waals surface area contributed by atoms with Crippen LogP contribution in [0.25, 0.3) is 11.4 Å². The molecule has 0 saturated carbocycles. The first-order valence-electron chi connectivity index (χ1n) is 9.24. The first kappa shape index (κ1) is 18.6. The number of nitrogens with zero attached hydrogens (tertiary/aromatic N) is 3. The molecule has 2 aromatic rings. The maximum absolute atomic E-state index is 12.3. The van der Waals surface area contributed by atoms with Crippen molar-refractivity contribution < 1.29 is 9.32 Å². The van der Waals surface area contributed by atoms with E-state index >= 15 is 0 Å². The molecule has 1 amide bonds. The third-order valence-corrected chi connectivity index (χ3v) is 4.59. The maximum Gasteiger partial charge on any atom is 0.241 e. The van der Waals surface area contributed by atoms with Crippen molar-refractivity contribution in [2.45, 2.75) is 52.6 Å². The molecular formula is C20H28N4O2. The highest BCUT2D eigenvalue weighted by molar-refractivity contribution is 5.79. The van der Waals surface area contributed by atoms with Gasteiger partial charge in [-0.3, -0.25) is 9.69 Å². The lowest BCUT2D eigenvalue weighted by molar-refractivity contribution is -0.127. The van der Waals surface area contributed by atoms with Gasteiger partial charge in [-0.25, -0.2) is 0 Å². The zero-order valence-electron chi connectivity index (χ0n) is 16.1. The summed E-state index contributed by atoms with van der Waals surface area (Å²) in [5.74, 6) is 1.51. The zero-order chi connectivity index (χ0) is 18.7. The lowest BCUT2D eigenvalue weighted by atomic mass is 9.94. The number of hydrogen-bond donors (Lipinski definition) is 1. The Labute approximate surface area is 155 Å². The monoisotopic (exact) mass is 356 g/mol. The third kappa shape index (κ3) is 4.91. The van der Waals surface area contributed by atoms with Crippen molar-refractivity contribution in [3.63, 3.8) is 0 Å². The largest absolute Gasteiger partial charge is 0.351 e. The van der Waals surface area contributed by atoms with Gasteiger partial charge in [0.25, 0.3) is 0 Å². The van der Waals surface area contributed by atoms with Crippen molar-refractivity contribution in [2.75, 3.05) is 13.1 Å². The molecule has 1 aromatic heterocycles. The third-order valence-electron chi connectivity index (χ3n) is 4.59. The van der Waals surface area contributed by atoms with Crippen LogP contribution in [0.5, 0.6) is 0 Å². The second-order valence-electron chi connectivity index (χ2n) is 8.17. The predicted molar refractivity (Wildman–Crippen MR) is 100 cm³/mol. The van der Waals surface area contributed by atoms with Gasteiger partial charge in [-0.2, -0.15) is 4.98 Å². The minimum Gasteiger partial charge on any atom is -0.351 e. The molecule has 0 bridgehead atoms. The Balaban J connectivity index is 1.52. The number of carbonyl (C=O) groups is 1. The summed E-state index contributed by atoms with van der Waals surface area (Å²) in [7, 11) is 0. The first-order chi connectivity index (χ1) is 12.3. The number of amides is 1. The number of likely N-dealkylation sites (tertiary alicyclic amines) is 1. The van der Waals surface area contributed by atoms with Crippen molar-refractivity contribution in [3.8, 4) is 11.4 Å². The summed E-state index contributed by atoms with van der Waals surface area (Å²) in [6, 6.07) is 8.09. The Morgan fingerprint density at radius 1 is 1.23 bits per heavy atom. The molecular weight excluding hydrogens is 328 g/mol. The van der Waals surface area contributed by atoms with Gasteiger partial charge in [0.1, 0.15) is 0 Å². The molecule has 0 unspecified atom stereocenters. The van der Waals surface area contributed by atoms with Gasteiger partial charge in [0.2, 0.25) is 17.6 Å². The average Bonchev–Trinajstić information content (AvgIpc) is 3.03. The number of benzene rings is 1. The highest BCUT2D eigenvalue weighted by atomic mass is 16.5. The van der Waals surface area contributed by atoms with E-state index in [1.165, 1.54) is 5.56 Å². The molecule has 6 heteroatoms. The molecule has 1 N–H and O–H groups in total. The van der Waals surface area contributed by atoms with Crippen molar-refractivity contribution in [2.24, 2.45) is 5.92 Å². The van der Waals surface area contributed by atoms with Crippen LogP contribution >= 0.6 is 0 Å². The highest BCUT2D eigenvalue weighted by Gasteiger charge is 2.28. The van der Waals surface area contributed by atoms with Crippen LogP contribution in [0.4, 0.5) is 0 Å². The lowest BCUT2D eigenvalue weighted by Crippen LogP contribution is -2.46. The maximum atomic E-state index is 12.3. The van der Waals surface area contributed by atoms with Gasteiger partial charge in [-0.05, 0) is 53.6 Å². The van der Waals surface area contributed by atoms with E-state index in [0.29, 0.717) is 18.3 Å². The molecule has 1 aliphatic rings. The molecule has 26 heavy (non-hydrogen) atoms. The topological polar surface area (TPSA) is 71.3 Å². The lowest BCUT2D eigenvalue weighted by Gasteiger charge is -2.32. The van der Waals surface area contributed by atoms with Gasteiger partial charge in [0, 0.05) is 17.0 Å². The Morgan fingerprint density at radius 2 is 1.88 bits per heavy atom. The summed E-state index contributed by atoms with van der Waals surface area (Å²) in [6.45, 7) is 10.5. The zero-order valence-corrected chi connectivity index (χ0v) is 16.1. The van der Waals surface area contributed by atoms with Crippen LogP contribution in [0.15, 0.2) is 28.8 Å². The van der Waals surface area contributed by atoms with E-state index in [-0.39, 0.29) is 17.4 Å². The molecule has 140 valence electrons. The summed E-state index contributed by atoms with van der Waals surface area (Å²) >= 11 is 0. The van der Waals surface area contributed by atoms with Gasteiger partial charge in [0.05, 0.1) is 6.54 Å². The van der Waals surface area contributed by atoms with Crippen molar-refractivity contribution in [1.82, 2.24) is 20.4 Å². The molecule has 0 spiro atoms. The number of piperidine rings is 1. The van der Waals surface area contributed by atoms with E-state index in [4.69, 9.17) is 4.52 Å². The minimum absolute atomic E-state index is 0.0938. The normalized spacial score (nSPS) is 16.6. The van der Waals surface area contributed by atoms with E-state index in [2.05, 4.69) is 27.3 Å². The van der Waals surface area contributed by atoms with Gasteiger partial charge in [-0.15, -0.1) is 0 Å². The quantitative estimate of drug-likeness (QED) is 0.911. The van der Waals surface area contributed by atoms with Crippen molar-refractivity contribution >= 4 is 5.91 Å². The number of hydrogen-bond acceptors (Lipinski definition) is 5. The Hall–Kier alpha value is -2.21. The summed E-state index contributed by atoms with van der Waals surface area (Å²) in [5, 5.41) is 7.17. The Kier molecular flexibility index (Phi) is 5.41. The Morgan fingerprint density at radius 3 is 2.50 bits per heavy atom. The van der Waals surface area contributed by atoms with E-state index in [9.17, 15) is 4.79 Å². The van der Waals surface area contributed by atoms with E-state index < -0.39 is 0 Å². The van der Waals surface area contributed by atoms with E-state index in [1.807, 2.05) is 45.0 Å². The fraction of sp³-hybridized carbons (Fsp3) is 0.550. The van der Waals surface area contributed by atoms with Crippen molar-refractivity contribution in [1.29, 1.82) is 0 Å². The molecule has 1 aliphatic heterocycles. The van der Waals surface area contributed by atoms with Crippen LogP contribution in [-0.4, -0.2) is 39.6 Å². The molecule has 1 saturated heterocycles. The SMILES string of the molecule is Cc1ccc(-c2noc(CN3CCC(C(=O)NC(C)(C)C)CC3)n2)cc1. The summed E-state index contributed by atoms with van der Waals surface area (Å²) in [4.78, 5) is 19.1. The summed E-state index contributed by atoms with van der Waals surface area (Å²) in [6.07, 6.45) is 1.72. The van der Waals surface area contributed by atoms with Crippen molar-refractivity contribution in [3.05, 3.63) is 35.7 Å². The standard InChI is InChI=1S/C20H28N4O2/c1-14-5-7-15(8-6-14)18-21-17(26-23-18)13-24-11-9-16(10-12-24)19(25)22-20(2,3)4/h5-8,16H,9-13H2,1-4H3,(H,22,25). The van der Waals surface area contributed by atoms with Gasteiger partial charge < -0.3 is 9.84 Å². The second kappa shape index (κ2) is 7.58. The van der Waals surface area contributed by atoms with Crippen LogP contribution in [0, 0.1) is 12.8 Å². The smallest absolute Gasteiger partial charge is 0.241 e. The molecule has 1 fully saturated rings. The number of aromatic nitrogens is 2. The van der Waals surface area contributed by atoms with E-state index in [0.717, 1.165) is 31.5 Å². The summed E-state index contributed by atoms with van der Waals surface area (Å²) in [5.41, 5.74) is 1.99.